The normalized spacial score (nSPS) is 14.6. The molecule has 0 N–H and O–H groups in total. The molecule has 0 aliphatic carbocycles. The minimum Gasteiger partial charge on any atom is -0.354 e. The monoisotopic (exact) mass is 269 g/mol. The number of aromatic nitrogens is 3. The Kier molecular flexibility index (Phi) is 3.76. The standard InChI is InChI=1S/C15H19N5/c1-19(12-13-7-3-2-4-8-13)14-11-16-18-15(17-14)20-9-5-6-10-20/h2-4,7-8,11H,5-6,9-10,12H2,1H3. The van der Waals surface area contributed by atoms with Crippen molar-refractivity contribution in [3.8, 4) is 0 Å². The molecule has 1 fully saturated rings. The van der Waals surface area contributed by atoms with Crippen molar-refractivity contribution < 1.29 is 0 Å². The molecule has 5 heteroatoms. The highest BCUT2D eigenvalue weighted by atomic mass is 15.3. The van der Waals surface area contributed by atoms with Crippen LogP contribution in [-0.2, 0) is 6.54 Å². The number of rotatable bonds is 4. The molecule has 0 amide bonds. The summed E-state index contributed by atoms with van der Waals surface area (Å²) < 4.78 is 0. The molecule has 0 unspecified atom stereocenters. The zero-order valence-corrected chi connectivity index (χ0v) is 11.7. The Morgan fingerprint density at radius 3 is 2.65 bits per heavy atom. The first-order chi connectivity index (χ1) is 9.83. The number of hydrogen-bond donors (Lipinski definition) is 0. The van der Waals surface area contributed by atoms with Crippen LogP contribution < -0.4 is 9.80 Å². The Labute approximate surface area is 119 Å². The van der Waals surface area contributed by atoms with E-state index in [1.165, 1.54) is 18.4 Å². The second-order valence-electron chi connectivity index (χ2n) is 5.15. The summed E-state index contributed by atoms with van der Waals surface area (Å²) in [7, 11) is 2.03. The molecule has 1 aliphatic rings. The van der Waals surface area contributed by atoms with Crippen LogP contribution in [0, 0.1) is 0 Å². The molecule has 0 bridgehead atoms. The van der Waals surface area contributed by atoms with Crippen LogP contribution in [0.5, 0.6) is 0 Å². The van der Waals surface area contributed by atoms with Gasteiger partial charge in [0.05, 0.1) is 6.20 Å². The van der Waals surface area contributed by atoms with Crippen LogP contribution in [0.4, 0.5) is 11.8 Å². The number of nitrogens with zero attached hydrogens (tertiary/aromatic N) is 5. The summed E-state index contributed by atoms with van der Waals surface area (Å²) >= 11 is 0. The molecule has 20 heavy (non-hydrogen) atoms. The summed E-state index contributed by atoms with van der Waals surface area (Å²) in [6, 6.07) is 10.4. The smallest absolute Gasteiger partial charge is 0.247 e. The summed E-state index contributed by atoms with van der Waals surface area (Å²) in [5, 5.41) is 8.25. The second kappa shape index (κ2) is 5.86. The first-order valence-electron chi connectivity index (χ1n) is 7.03. The van der Waals surface area contributed by atoms with Gasteiger partial charge in [-0.2, -0.15) is 10.1 Å². The average molecular weight is 269 g/mol. The lowest BCUT2D eigenvalue weighted by Crippen LogP contribution is -2.24. The third-order valence-corrected chi connectivity index (χ3v) is 3.58. The Morgan fingerprint density at radius 1 is 1.15 bits per heavy atom. The molecule has 0 spiro atoms. The fourth-order valence-corrected chi connectivity index (χ4v) is 2.46. The van der Waals surface area contributed by atoms with Gasteiger partial charge in [-0.1, -0.05) is 30.3 Å². The Bertz CT molecular complexity index is 551. The topological polar surface area (TPSA) is 45.2 Å². The van der Waals surface area contributed by atoms with E-state index in [4.69, 9.17) is 0 Å². The fourth-order valence-electron chi connectivity index (χ4n) is 2.46. The lowest BCUT2D eigenvalue weighted by molar-refractivity contribution is 0.818. The first kappa shape index (κ1) is 12.8. The number of anilines is 2. The van der Waals surface area contributed by atoms with Gasteiger partial charge in [0.15, 0.2) is 5.82 Å². The molecule has 5 nitrogen and oxygen atoms in total. The third kappa shape index (κ3) is 2.87. The van der Waals surface area contributed by atoms with E-state index in [0.717, 1.165) is 31.4 Å². The summed E-state index contributed by atoms with van der Waals surface area (Å²) in [6.07, 6.45) is 4.16. The Hall–Kier alpha value is -2.17. The zero-order chi connectivity index (χ0) is 13.8. The lowest BCUT2D eigenvalue weighted by atomic mass is 10.2. The zero-order valence-electron chi connectivity index (χ0n) is 11.7. The van der Waals surface area contributed by atoms with Crippen LogP contribution in [-0.4, -0.2) is 35.3 Å². The number of benzene rings is 1. The van der Waals surface area contributed by atoms with Gasteiger partial charge < -0.3 is 9.80 Å². The van der Waals surface area contributed by atoms with Crippen molar-refractivity contribution in [1.29, 1.82) is 0 Å². The van der Waals surface area contributed by atoms with E-state index >= 15 is 0 Å². The van der Waals surface area contributed by atoms with Crippen molar-refractivity contribution in [1.82, 2.24) is 15.2 Å². The van der Waals surface area contributed by atoms with Crippen LogP contribution in [0.15, 0.2) is 36.5 Å². The van der Waals surface area contributed by atoms with Crippen molar-refractivity contribution in [2.45, 2.75) is 19.4 Å². The van der Waals surface area contributed by atoms with E-state index in [2.05, 4.69) is 49.2 Å². The average Bonchev–Trinajstić information content (AvgIpc) is 3.03. The lowest BCUT2D eigenvalue weighted by Gasteiger charge is -2.20. The summed E-state index contributed by atoms with van der Waals surface area (Å²) in [5.41, 5.74) is 1.26. The Morgan fingerprint density at radius 2 is 1.90 bits per heavy atom. The molecular formula is C15H19N5. The van der Waals surface area contributed by atoms with E-state index in [9.17, 15) is 0 Å². The summed E-state index contributed by atoms with van der Waals surface area (Å²) in [4.78, 5) is 8.93. The van der Waals surface area contributed by atoms with Gasteiger partial charge in [0.1, 0.15) is 0 Å². The molecular weight excluding hydrogens is 250 g/mol. The van der Waals surface area contributed by atoms with Crippen LogP contribution in [0.1, 0.15) is 18.4 Å². The summed E-state index contributed by atoms with van der Waals surface area (Å²) in [6.45, 7) is 2.89. The van der Waals surface area contributed by atoms with Crippen molar-refractivity contribution in [2.24, 2.45) is 0 Å². The maximum atomic E-state index is 4.63. The molecule has 1 aromatic carbocycles. The number of hydrogen-bond acceptors (Lipinski definition) is 5. The maximum Gasteiger partial charge on any atom is 0.247 e. The highest BCUT2D eigenvalue weighted by molar-refractivity contribution is 5.42. The van der Waals surface area contributed by atoms with Gasteiger partial charge in [-0.25, -0.2) is 0 Å². The molecule has 3 rings (SSSR count). The van der Waals surface area contributed by atoms with Gasteiger partial charge in [0.25, 0.3) is 0 Å². The molecule has 1 saturated heterocycles. The van der Waals surface area contributed by atoms with Crippen LogP contribution in [0.2, 0.25) is 0 Å². The van der Waals surface area contributed by atoms with E-state index in [1.807, 2.05) is 13.1 Å². The molecule has 1 aromatic heterocycles. The first-order valence-corrected chi connectivity index (χ1v) is 7.03. The molecule has 0 atom stereocenters. The molecule has 0 saturated carbocycles. The van der Waals surface area contributed by atoms with E-state index in [0.29, 0.717) is 0 Å². The molecule has 1 aliphatic heterocycles. The van der Waals surface area contributed by atoms with Crippen LogP contribution >= 0.6 is 0 Å². The van der Waals surface area contributed by atoms with Gasteiger partial charge in [0.2, 0.25) is 5.95 Å². The quantitative estimate of drug-likeness (QED) is 0.850. The van der Waals surface area contributed by atoms with Crippen molar-refractivity contribution in [2.75, 3.05) is 29.9 Å². The van der Waals surface area contributed by atoms with Gasteiger partial charge in [-0.05, 0) is 18.4 Å². The fraction of sp³-hybridized carbons (Fsp3) is 0.400. The summed E-state index contributed by atoms with van der Waals surface area (Å²) in [5.74, 6) is 1.62. The van der Waals surface area contributed by atoms with E-state index < -0.39 is 0 Å². The SMILES string of the molecule is CN(Cc1ccccc1)c1cnnc(N2CCCC2)n1. The highest BCUT2D eigenvalue weighted by Gasteiger charge is 2.16. The second-order valence-corrected chi connectivity index (χ2v) is 5.15. The maximum absolute atomic E-state index is 4.63. The third-order valence-electron chi connectivity index (χ3n) is 3.58. The predicted molar refractivity (Wildman–Crippen MR) is 79.8 cm³/mol. The van der Waals surface area contributed by atoms with Crippen LogP contribution in [0.3, 0.4) is 0 Å². The van der Waals surface area contributed by atoms with Gasteiger partial charge in [0, 0.05) is 26.7 Å². The minimum atomic E-state index is 0.750. The molecule has 104 valence electrons. The molecule has 2 heterocycles. The Balaban J connectivity index is 1.74. The van der Waals surface area contributed by atoms with Crippen molar-refractivity contribution in [3.63, 3.8) is 0 Å². The van der Waals surface area contributed by atoms with Gasteiger partial charge in [-0.3, -0.25) is 0 Å². The predicted octanol–water partition coefficient (Wildman–Crippen LogP) is 2.11. The van der Waals surface area contributed by atoms with E-state index in [-0.39, 0.29) is 0 Å². The van der Waals surface area contributed by atoms with Gasteiger partial charge in [-0.15, -0.1) is 5.10 Å². The largest absolute Gasteiger partial charge is 0.354 e. The van der Waals surface area contributed by atoms with E-state index in [1.54, 1.807) is 6.20 Å². The minimum absolute atomic E-state index is 0.750. The highest BCUT2D eigenvalue weighted by Crippen LogP contribution is 2.18. The molecule has 0 radical (unpaired) electrons. The molecule has 2 aromatic rings. The van der Waals surface area contributed by atoms with Crippen molar-refractivity contribution in [3.05, 3.63) is 42.1 Å². The van der Waals surface area contributed by atoms with Gasteiger partial charge >= 0.3 is 0 Å². The van der Waals surface area contributed by atoms with Crippen molar-refractivity contribution >= 4 is 11.8 Å². The van der Waals surface area contributed by atoms with Crippen LogP contribution in [0.25, 0.3) is 0 Å².